The van der Waals surface area contributed by atoms with Gasteiger partial charge in [0.2, 0.25) is 0 Å². The Hall–Kier alpha value is -3.89. The van der Waals surface area contributed by atoms with E-state index < -0.39 is 17.7 Å². The summed E-state index contributed by atoms with van der Waals surface area (Å²) in [4.78, 5) is 10.9. The summed E-state index contributed by atoms with van der Waals surface area (Å²) in [5, 5.41) is 21.2. The summed E-state index contributed by atoms with van der Waals surface area (Å²) in [6, 6.07) is 23.1. The number of aliphatic carboxylic acids is 1. The van der Waals surface area contributed by atoms with Crippen LogP contribution >= 0.6 is 0 Å². The molecule has 3 aromatic rings. The van der Waals surface area contributed by atoms with Gasteiger partial charge in [0.15, 0.2) is 11.6 Å². The molecule has 0 aromatic heterocycles. The van der Waals surface area contributed by atoms with Crippen LogP contribution in [0.3, 0.4) is 0 Å². The van der Waals surface area contributed by atoms with Crippen LogP contribution in [0.25, 0.3) is 0 Å². The highest BCUT2D eigenvalue weighted by Crippen LogP contribution is 2.24. The van der Waals surface area contributed by atoms with E-state index in [1.165, 1.54) is 6.07 Å². The molecule has 0 aliphatic rings. The summed E-state index contributed by atoms with van der Waals surface area (Å²) in [6.45, 7) is 0.432. The van der Waals surface area contributed by atoms with Gasteiger partial charge in [-0.05, 0) is 48.0 Å². The summed E-state index contributed by atoms with van der Waals surface area (Å²) >= 11 is 0. The first kappa shape index (κ1) is 23.8. The third-order valence-electron chi connectivity index (χ3n) is 5.17. The monoisotopic (exact) mass is 448 g/mol. The molecule has 6 nitrogen and oxygen atoms in total. The van der Waals surface area contributed by atoms with Crippen molar-refractivity contribution in [1.82, 2.24) is 5.32 Å². The number of carbonyl (C=O) groups is 1. The molecule has 3 rings (SSSR count). The van der Waals surface area contributed by atoms with E-state index in [4.69, 9.17) is 19.8 Å². The SMILES string of the molecule is CNC(COc1ccc(COc2ccc(C(C#N)CC(=O)O)cc2)cc1F)c1ccccc1. The second-order valence-electron chi connectivity index (χ2n) is 7.46. The lowest BCUT2D eigenvalue weighted by molar-refractivity contribution is -0.137. The van der Waals surface area contributed by atoms with E-state index in [1.807, 2.05) is 43.4 Å². The van der Waals surface area contributed by atoms with Gasteiger partial charge in [0.25, 0.3) is 0 Å². The number of carboxylic acids is 1. The fourth-order valence-corrected chi connectivity index (χ4v) is 3.33. The Bertz CT molecular complexity index is 1100. The van der Waals surface area contributed by atoms with Gasteiger partial charge in [0.1, 0.15) is 19.0 Å². The predicted octanol–water partition coefficient (Wildman–Crippen LogP) is 4.83. The molecule has 0 radical (unpaired) electrons. The first-order chi connectivity index (χ1) is 16.0. The number of hydrogen-bond acceptors (Lipinski definition) is 5. The maximum Gasteiger partial charge on any atom is 0.305 e. The zero-order valence-corrected chi connectivity index (χ0v) is 18.2. The largest absolute Gasteiger partial charge is 0.489 e. The van der Waals surface area contributed by atoms with Gasteiger partial charge in [0, 0.05) is 0 Å². The maximum atomic E-state index is 14.5. The Morgan fingerprint density at radius 3 is 2.39 bits per heavy atom. The highest BCUT2D eigenvalue weighted by atomic mass is 19.1. The third-order valence-corrected chi connectivity index (χ3v) is 5.17. The van der Waals surface area contributed by atoms with Crippen LogP contribution in [-0.2, 0) is 11.4 Å². The van der Waals surface area contributed by atoms with Crippen molar-refractivity contribution < 1.29 is 23.8 Å². The zero-order valence-electron chi connectivity index (χ0n) is 18.2. The molecule has 0 aliphatic carbocycles. The third kappa shape index (κ3) is 6.79. The number of hydrogen-bond donors (Lipinski definition) is 2. The van der Waals surface area contributed by atoms with Crippen LogP contribution in [0.1, 0.15) is 35.1 Å². The minimum atomic E-state index is -1.03. The predicted molar refractivity (Wildman–Crippen MR) is 122 cm³/mol. The number of rotatable bonds is 11. The van der Waals surface area contributed by atoms with Crippen molar-refractivity contribution in [3.05, 3.63) is 95.3 Å². The summed E-state index contributed by atoms with van der Waals surface area (Å²) < 4.78 is 25.9. The van der Waals surface area contributed by atoms with Gasteiger partial charge in [-0.3, -0.25) is 4.79 Å². The van der Waals surface area contributed by atoms with Crippen molar-refractivity contribution in [2.75, 3.05) is 13.7 Å². The van der Waals surface area contributed by atoms with Gasteiger partial charge < -0.3 is 19.9 Å². The molecular weight excluding hydrogens is 423 g/mol. The van der Waals surface area contributed by atoms with E-state index in [2.05, 4.69) is 5.32 Å². The van der Waals surface area contributed by atoms with Crippen molar-refractivity contribution in [3.63, 3.8) is 0 Å². The molecule has 2 atom stereocenters. The number of ether oxygens (including phenoxy) is 2. The molecule has 0 saturated heterocycles. The van der Waals surface area contributed by atoms with Crippen LogP contribution in [-0.4, -0.2) is 24.7 Å². The molecule has 0 heterocycles. The lowest BCUT2D eigenvalue weighted by atomic mass is 9.97. The molecule has 0 saturated carbocycles. The zero-order chi connectivity index (χ0) is 23.6. The van der Waals surface area contributed by atoms with Gasteiger partial charge in [-0.25, -0.2) is 4.39 Å². The Morgan fingerprint density at radius 1 is 1.06 bits per heavy atom. The number of likely N-dealkylation sites (N-methyl/N-ethyl adjacent to an activating group) is 1. The quantitative estimate of drug-likeness (QED) is 0.437. The Kier molecular flexibility index (Phi) is 8.39. The van der Waals surface area contributed by atoms with E-state index in [1.54, 1.807) is 36.4 Å². The van der Waals surface area contributed by atoms with Crippen molar-refractivity contribution in [3.8, 4) is 17.6 Å². The second kappa shape index (κ2) is 11.7. The lowest BCUT2D eigenvalue weighted by Crippen LogP contribution is -2.23. The van der Waals surface area contributed by atoms with E-state index in [0.29, 0.717) is 16.9 Å². The number of halogens is 1. The minimum Gasteiger partial charge on any atom is -0.489 e. The molecule has 33 heavy (non-hydrogen) atoms. The van der Waals surface area contributed by atoms with Crippen LogP contribution in [0.15, 0.2) is 72.8 Å². The van der Waals surface area contributed by atoms with Crippen LogP contribution in [0.5, 0.6) is 11.5 Å². The minimum absolute atomic E-state index is 0.0623. The normalized spacial score (nSPS) is 12.4. The van der Waals surface area contributed by atoms with Gasteiger partial charge in [-0.2, -0.15) is 5.26 Å². The molecule has 0 spiro atoms. The topological polar surface area (TPSA) is 91.6 Å². The summed E-state index contributed by atoms with van der Waals surface area (Å²) in [5.41, 5.74) is 2.30. The fourth-order valence-electron chi connectivity index (χ4n) is 3.33. The molecule has 2 unspecified atom stereocenters. The molecule has 0 fully saturated rings. The summed E-state index contributed by atoms with van der Waals surface area (Å²) in [5.74, 6) is -1.52. The summed E-state index contributed by atoms with van der Waals surface area (Å²) in [7, 11) is 1.83. The molecular formula is C26H25FN2O4. The van der Waals surface area contributed by atoms with Crippen molar-refractivity contribution in [1.29, 1.82) is 5.26 Å². The lowest BCUT2D eigenvalue weighted by Gasteiger charge is -2.18. The van der Waals surface area contributed by atoms with Crippen LogP contribution in [0, 0.1) is 17.1 Å². The number of benzene rings is 3. The van der Waals surface area contributed by atoms with E-state index in [9.17, 15) is 9.18 Å². The van der Waals surface area contributed by atoms with Gasteiger partial charge in [-0.15, -0.1) is 0 Å². The summed E-state index contributed by atoms with van der Waals surface area (Å²) in [6.07, 6.45) is -0.259. The number of nitrogens with zero attached hydrogens (tertiary/aromatic N) is 1. The number of nitrogens with one attached hydrogen (secondary N) is 1. The van der Waals surface area contributed by atoms with Gasteiger partial charge >= 0.3 is 5.97 Å². The number of carboxylic acid groups (broad SMARTS) is 1. The first-order valence-corrected chi connectivity index (χ1v) is 10.5. The standard InChI is InChI=1S/C26H25FN2O4/c1-29-24(20-5-3-2-4-6-20)17-33-25-12-7-18(13-23(25)27)16-32-22-10-8-19(9-11-22)21(15-28)14-26(30)31/h2-13,21,24,29H,14,16-17H2,1H3,(H,30,31). The Balaban J connectivity index is 1.56. The van der Waals surface area contributed by atoms with Crippen molar-refractivity contribution >= 4 is 5.97 Å². The van der Waals surface area contributed by atoms with E-state index in [0.717, 1.165) is 5.56 Å². The van der Waals surface area contributed by atoms with E-state index >= 15 is 0 Å². The number of nitriles is 1. The molecule has 3 aromatic carbocycles. The highest BCUT2D eigenvalue weighted by Gasteiger charge is 2.15. The highest BCUT2D eigenvalue weighted by molar-refractivity contribution is 5.68. The van der Waals surface area contributed by atoms with Crippen molar-refractivity contribution in [2.24, 2.45) is 0 Å². The van der Waals surface area contributed by atoms with Crippen LogP contribution in [0.4, 0.5) is 4.39 Å². The fraction of sp³-hybridized carbons (Fsp3) is 0.231. The second-order valence-corrected chi connectivity index (χ2v) is 7.46. The molecule has 7 heteroatoms. The van der Waals surface area contributed by atoms with Crippen LogP contribution in [0.2, 0.25) is 0 Å². The Morgan fingerprint density at radius 2 is 1.79 bits per heavy atom. The Labute approximate surface area is 192 Å². The van der Waals surface area contributed by atoms with E-state index in [-0.39, 0.29) is 31.4 Å². The molecule has 0 bridgehead atoms. The average Bonchev–Trinajstić information content (AvgIpc) is 2.83. The average molecular weight is 448 g/mol. The first-order valence-electron chi connectivity index (χ1n) is 10.5. The maximum absolute atomic E-state index is 14.5. The van der Waals surface area contributed by atoms with Crippen LogP contribution < -0.4 is 14.8 Å². The molecule has 2 N–H and O–H groups in total. The molecule has 0 aliphatic heterocycles. The van der Waals surface area contributed by atoms with Gasteiger partial charge in [0.05, 0.1) is 24.4 Å². The molecule has 0 amide bonds. The smallest absolute Gasteiger partial charge is 0.305 e. The van der Waals surface area contributed by atoms with Gasteiger partial charge in [-0.1, -0.05) is 48.5 Å². The molecule has 170 valence electrons. The van der Waals surface area contributed by atoms with Crippen molar-refractivity contribution in [2.45, 2.75) is 25.0 Å².